The third-order valence-electron chi connectivity index (χ3n) is 5.61. The average molecular weight is 420 g/mol. The number of benzene rings is 2. The summed E-state index contributed by atoms with van der Waals surface area (Å²) in [6.45, 7) is 2.60. The van der Waals surface area contributed by atoms with E-state index in [2.05, 4.69) is 27.1 Å². The number of aromatic nitrogens is 2. The van der Waals surface area contributed by atoms with E-state index >= 15 is 0 Å². The van der Waals surface area contributed by atoms with Crippen molar-refractivity contribution in [2.45, 2.75) is 25.8 Å². The number of para-hydroxylation sites is 1. The second-order valence-corrected chi connectivity index (χ2v) is 7.84. The molecular formula is C23H25FN6O. The summed E-state index contributed by atoms with van der Waals surface area (Å²) >= 11 is 0. The third kappa shape index (κ3) is 4.58. The summed E-state index contributed by atoms with van der Waals surface area (Å²) in [4.78, 5) is 23.5. The van der Waals surface area contributed by atoms with Gasteiger partial charge in [-0.2, -0.15) is 4.98 Å². The van der Waals surface area contributed by atoms with Crippen molar-refractivity contribution >= 4 is 29.0 Å². The molecule has 2 aromatic carbocycles. The Kier molecular flexibility index (Phi) is 5.70. The van der Waals surface area contributed by atoms with Crippen LogP contribution in [0, 0.1) is 11.7 Å². The quantitative estimate of drug-likeness (QED) is 0.555. The van der Waals surface area contributed by atoms with Gasteiger partial charge in [-0.15, -0.1) is 0 Å². The molecule has 7 nitrogen and oxygen atoms in total. The molecule has 1 fully saturated rings. The lowest BCUT2D eigenvalue weighted by molar-refractivity contribution is -0.120. The van der Waals surface area contributed by atoms with Crippen LogP contribution >= 0.6 is 0 Å². The van der Waals surface area contributed by atoms with Gasteiger partial charge in [0, 0.05) is 29.9 Å². The minimum Gasteiger partial charge on any atom is -0.396 e. The molecule has 0 spiro atoms. The van der Waals surface area contributed by atoms with E-state index in [0.29, 0.717) is 23.6 Å². The van der Waals surface area contributed by atoms with E-state index < -0.39 is 5.82 Å². The molecule has 2 heterocycles. The van der Waals surface area contributed by atoms with E-state index in [4.69, 9.17) is 11.5 Å². The molecule has 0 bridgehead atoms. The van der Waals surface area contributed by atoms with E-state index in [1.54, 1.807) is 12.1 Å². The summed E-state index contributed by atoms with van der Waals surface area (Å²) in [6, 6.07) is 15.9. The first-order valence-corrected chi connectivity index (χ1v) is 10.2. The molecule has 0 aliphatic carbocycles. The lowest BCUT2D eigenvalue weighted by Crippen LogP contribution is -2.46. The Morgan fingerprint density at radius 1 is 1.10 bits per heavy atom. The number of rotatable bonds is 4. The molecule has 8 heteroatoms. The van der Waals surface area contributed by atoms with Gasteiger partial charge in [-0.1, -0.05) is 24.3 Å². The molecule has 3 aromatic rings. The molecule has 0 radical (unpaired) electrons. The number of carbonyl (C=O) groups excluding carboxylic acids is 1. The molecule has 5 N–H and O–H groups in total. The Bertz CT molecular complexity index is 1090. The summed E-state index contributed by atoms with van der Waals surface area (Å²) < 4.78 is 13.9. The van der Waals surface area contributed by atoms with Crippen LogP contribution in [0.5, 0.6) is 0 Å². The fourth-order valence-electron chi connectivity index (χ4n) is 3.84. The molecule has 2 atom stereocenters. The zero-order valence-corrected chi connectivity index (χ0v) is 17.3. The van der Waals surface area contributed by atoms with Gasteiger partial charge >= 0.3 is 0 Å². The summed E-state index contributed by atoms with van der Waals surface area (Å²) in [7, 11) is 0. The molecule has 0 unspecified atom stereocenters. The first-order chi connectivity index (χ1) is 14.9. The van der Waals surface area contributed by atoms with Crippen molar-refractivity contribution in [1.29, 1.82) is 0 Å². The topological polar surface area (TPSA) is 110 Å². The highest BCUT2D eigenvalue weighted by Crippen LogP contribution is 2.31. The maximum atomic E-state index is 13.9. The van der Waals surface area contributed by atoms with Gasteiger partial charge in [0.2, 0.25) is 11.9 Å². The standard InChI is InChI=1S/C23H25FN6O/c1-14-7-8-16(22(31)27-17-5-3-2-4-6-17)13-30(14)21-12-20(28-23(26)29-21)15-9-10-19(25)18(24)11-15/h2-6,9-12,14,16H,7-8,13,25H2,1H3,(H,27,31)(H2,26,28,29)/t14-,16+/m1/s1. The van der Waals surface area contributed by atoms with Gasteiger partial charge < -0.3 is 21.7 Å². The van der Waals surface area contributed by atoms with Crippen LogP contribution in [0.2, 0.25) is 0 Å². The molecule has 4 rings (SSSR count). The van der Waals surface area contributed by atoms with E-state index in [1.807, 2.05) is 30.3 Å². The third-order valence-corrected chi connectivity index (χ3v) is 5.61. The van der Waals surface area contributed by atoms with Gasteiger partial charge in [-0.05, 0) is 44.0 Å². The van der Waals surface area contributed by atoms with Gasteiger partial charge in [0.1, 0.15) is 11.6 Å². The number of piperidine rings is 1. The maximum Gasteiger partial charge on any atom is 0.229 e. The number of hydrogen-bond donors (Lipinski definition) is 3. The number of carbonyl (C=O) groups is 1. The number of anilines is 4. The fraction of sp³-hybridized carbons (Fsp3) is 0.261. The van der Waals surface area contributed by atoms with E-state index in [1.165, 1.54) is 12.1 Å². The second kappa shape index (κ2) is 8.59. The van der Waals surface area contributed by atoms with Crippen LogP contribution in [-0.2, 0) is 4.79 Å². The highest BCUT2D eigenvalue weighted by molar-refractivity contribution is 5.93. The zero-order chi connectivity index (χ0) is 22.0. The predicted octanol–water partition coefficient (Wildman–Crippen LogP) is 3.69. The van der Waals surface area contributed by atoms with Crippen molar-refractivity contribution in [3.63, 3.8) is 0 Å². The predicted molar refractivity (Wildman–Crippen MR) is 121 cm³/mol. The smallest absolute Gasteiger partial charge is 0.229 e. The van der Waals surface area contributed by atoms with Crippen molar-refractivity contribution in [2.24, 2.45) is 5.92 Å². The van der Waals surface area contributed by atoms with Crippen molar-refractivity contribution in [1.82, 2.24) is 9.97 Å². The summed E-state index contributed by atoms with van der Waals surface area (Å²) in [5.41, 5.74) is 13.5. The summed E-state index contributed by atoms with van der Waals surface area (Å²) in [5, 5.41) is 2.98. The number of halogens is 1. The van der Waals surface area contributed by atoms with Crippen LogP contribution in [0.3, 0.4) is 0 Å². The summed E-state index contributed by atoms with van der Waals surface area (Å²) in [5.74, 6) is -0.0200. The Labute approximate surface area is 180 Å². The van der Waals surface area contributed by atoms with E-state index in [0.717, 1.165) is 18.5 Å². The van der Waals surface area contributed by atoms with Gasteiger partial charge in [-0.3, -0.25) is 4.79 Å². The normalized spacial score (nSPS) is 18.6. The van der Waals surface area contributed by atoms with Gasteiger partial charge in [0.15, 0.2) is 0 Å². The Morgan fingerprint density at radius 3 is 2.61 bits per heavy atom. The van der Waals surface area contributed by atoms with Crippen LogP contribution < -0.4 is 21.7 Å². The first kappa shape index (κ1) is 20.6. The van der Waals surface area contributed by atoms with Crippen LogP contribution in [0.25, 0.3) is 11.3 Å². The lowest BCUT2D eigenvalue weighted by atomic mass is 9.92. The molecule has 31 heavy (non-hydrogen) atoms. The van der Waals surface area contributed by atoms with Crippen molar-refractivity contribution in [2.75, 3.05) is 28.2 Å². The monoisotopic (exact) mass is 420 g/mol. The van der Waals surface area contributed by atoms with Crippen molar-refractivity contribution < 1.29 is 9.18 Å². The number of nitrogens with two attached hydrogens (primary N) is 2. The number of nitrogen functional groups attached to an aromatic ring is 2. The minimum atomic E-state index is -0.514. The SMILES string of the molecule is C[C@@H]1CC[C@H](C(=O)Nc2ccccc2)CN1c1cc(-c2ccc(N)c(F)c2)nc(N)n1. The number of hydrogen-bond acceptors (Lipinski definition) is 6. The Morgan fingerprint density at radius 2 is 1.87 bits per heavy atom. The Hall–Kier alpha value is -3.68. The molecule has 1 aliphatic rings. The van der Waals surface area contributed by atoms with Crippen molar-refractivity contribution in [3.8, 4) is 11.3 Å². The van der Waals surface area contributed by atoms with Crippen LogP contribution in [-0.4, -0.2) is 28.5 Å². The maximum absolute atomic E-state index is 13.9. The molecule has 1 aliphatic heterocycles. The molecule has 160 valence electrons. The van der Waals surface area contributed by atoms with Gasteiger partial charge in [0.25, 0.3) is 0 Å². The lowest BCUT2D eigenvalue weighted by Gasteiger charge is -2.38. The second-order valence-electron chi connectivity index (χ2n) is 7.84. The fourth-order valence-corrected chi connectivity index (χ4v) is 3.84. The van der Waals surface area contributed by atoms with E-state index in [-0.39, 0.29) is 29.5 Å². The highest BCUT2D eigenvalue weighted by Gasteiger charge is 2.31. The number of amides is 1. The molecule has 0 saturated carbocycles. The van der Waals surface area contributed by atoms with Crippen LogP contribution in [0.15, 0.2) is 54.6 Å². The number of nitrogens with zero attached hydrogens (tertiary/aromatic N) is 3. The summed E-state index contributed by atoms with van der Waals surface area (Å²) in [6.07, 6.45) is 1.62. The van der Waals surface area contributed by atoms with Crippen LogP contribution in [0.4, 0.5) is 27.5 Å². The molecule has 1 amide bonds. The molecule has 1 saturated heterocycles. The largest absolute Gasteiger partial charge is 0.396 e. The zero-order valence-electron chi connectivity index (χ0n) is 17.3. The van der Waals surface area contributed by atoms with Gasteiger partial charge in [-0.25, -0.2) is 9.37 Å². The van der Waals surface area contributed by atoms with E-state index in [9.17, 15) is 9.18 Å². The number of nitrogens with one attached hydrogen (secondary N) is 1. The van der Waals surface area contributed by atoms with Gasteiger partial charge in [0.05, 0.1) is 17.3 Å². The minimum absolute atomic E-state index is 0.0223. The first-order valence-electron chi connectivity index (χ1n) is 10.2. The van der Waals surface area contributed by atoms with Crippen molar-refractivity contribution in [3.05, 3.63) is 60.4 Å². The molecular weight excluding hydrogens is 395 g/mol. The molecule has 1 aromatic heterocycles. The van der Waals surface area contributed by atoms with Crippen LogP contribution in [0.1, 0.15) is 19.8 Å². The average Bonchev–Trinajstić information content (AvgIpc) is 2.76. The Balaban J connectivity index is 1.58. The highest BCUT2D eigenvalue weighted by atomic mass is 19.1.